The van der Waals surface area contributed by atoms with Crippen molar-refractivity contribution in [1.29, 1.82) is 0 Å². The predicted octanol–water partition coefficient (Wildman–Crippen LogP) is 7.21. The van der Waals surface area contributed by atoms with Gasteiger partial charge in [-0.25, -0.2) is 0 Å². The molecule has 1 saturated carbocycles. The molecule has 0 aliphatic heterocycles. The van der Waals surface area contributed by atoms with E-state index < -0.39 is 0 Å². The normalized spacial score (nSPS) is 28.5. The van der Waals surface area contributed by atoms with Crippen LogP contribution in [0.1, 0.15) is 61.0 Å². The molecule has 3 heteroatoms. The molecule has 0 saturated heterocycles. The molecule has 0 bridgehead atoms. The van der Waals surface area contributed by atoms with Gasteiger partial charge in [-0.1, -0.05) is 54.1 Å². The molecule has 0 radical (unpaired) electrons. The van der Waals surface area contributed by atoms with Crippen LogP contribution in [-0.2, 0) is 6.42 Å². The van der Waals surface area contributed by atoms with Gasteiger partial charge in [0.25, 0.3) is 0 Å². The van der Waals surface area contributed by atoms with Crippen LogP contribution in [0.25, 0.3) is 16.8 Å². The summed E-state index contributed by atoms with van der Waals surface area (Å²) in [5, 5.41) is 4.43. The molecule has 3 aliphatic rings. The molecular formula is C29H31NO2. The van der Waals surface area contributed by atoms with Crippen LogP contribution in [0.2, 0.25) is 0 Å². The van der Waals surface area contributed by atoms with Crippen LogP contribution in [0.15, 0.2) is 59.1 Å². The number of methoxy groups -OCH3 is 1. The van der Waals surface area contributed by atoms with Crippen LogP contribution in [0.5, 0.6) is 5.75 Å². The summed E-state index contributed by atoms with van der Waals surface area (Å²) in [4.78, 5) is 0. The summed E-state index contributed by atoms with van der Waals surface area (Å²) in [6, 6.07) is 17.4. The molecule has 2 aromatic carbocycles. The van der Waals surface area contributed by atoms with Gasteiger partial charge in [-0.2, -0.15) is 0 Å². The fourth-order valence-corrected chi connectivity index (χ4v) is 6.90. The summed E-state index contributed by atoms with van der Waals surface area (Å²) in [7, 11) is 1.76. The topological polar surface area (TPSA) is 35.3 Å². The van der Waals surface area contributed by atoms with Gasteiger partial charge in [-0.15, -0.1) is 0 Å². The van der Waals surface area contributed by atoms with Crippen molar-refractivity contribution in [3.8, 4) is 17.0 Å². The lowest BCUT2D eigenvalue weighted by Gasteiger charge is -2.50. The van der Waals surface area contributed by atoms with Crippen molar-refractivity contribution >= 4 is 5.57 Å². The molecule has 3 aromatic rings. The highest BCUT2D eigenvalue weighted by Crippen LogP contribution is 2.63. The Kier molecular flexibility index (Phi) is 4.57. The van der Waals surface area contributed by atoms with Crippen molar-refractivity contribution in [2.24, 2.45) is 17.3 Å². The smallest absolute Gasteiger partial charge is 0.163 e. The van der Waals surface area contributed by atoms with Crippen molar-refractivity contribution in [2.45, 2.75) is 51.9 Å². The maximum absolute atomic E-state index is 5.93. The van der Waals surface area contributed by atoms with E-state index in [1.165, 1.54) is 36.0 Å². The van der Waals surface area contributed by atoms with Gasteiger partial charge in [0, 0.05) is 11.6 Å². The molecule has 0 spiro atoms. The van der Waals surface area contributed by atoms with Crippen molar-refractivity contribution in [1.82, 2.24) is 5.16 Å². The molecule has 3 nitrogen and oxygen atoms in total. The van der Waals surface area contributed by atoms with E-state index in [0.29, 0.717) is 11.8 Å². The molecule has 4 atom stereocenters. The Morgan fingerprint density at radius 1 is 1.06 bits per heavy atom. The highest BCUT2D eigenvalue weighted by atomic mass is 16.5. The Labute approximate surface area is 190 Å². The standard InChI is InChI=1S/C29H31NO2/c1-18-4-6-19(7-5-18)27-17-28(32-30-27)26-13-12-25-24-10-8-20-16-21(31-3)9-11-22(20)23(24)14-15-29(25,26)2/h4-7,9,11,13,16-17,23-25H,8,10,12,14-15H2,1-3H3/t23-,24-,25+,29+/m1/s1. The molecule has 1 heterocycles. The number of fused-ring (bicyclic) bond motifs is 5. The maximum Gasteiger partial charge on any atom is 0.163 e. The lowest BCUT2D eigenvalue weighted by Crippen LogP contribution is -2.40. The van der Waals surface area contributed by atoms with Gasteiger partial charge >= 0.3 is 0 Å². The quantitative estimate of drug-likeness (QED) is 0.445. The summed E-state index contributed by atoms with van der Waals surface area (Å²) in [6.07, 6.45) is 8.49. The molecular weight excluding hydrogens is 394 g/mol. The van der Waals surface area contributed by atoms with E-state index in [9.17, 15) is 0 Å². The summed E-state index contributed by atoms with van der Waals surface area (Å²) in [6.45, 7) is 4.59. The van der Waals surface area contributed by atoms with E-state index in [2.05, 4.69) is 73.6 Å². The SMILES string of the molecule is COc1ccc2c(c1)CC[C@@H]1[C@@H]2CC[C@]2(C)C(c3cc(-c4ccc(C)cc4)no3)=CC[C@@H]12. The molecule has 6 rings (SSSR count). The molecule has 1 fully saturated rings. The van der Waals surface area contributed by atoms with Gasteiger partial charge in [0.1, 0.15) is 11.4 Å². The zero-order chi connectivity index (χ0) is 21.9. The third-order valence-corrected chi connectivity index (χ3v) is 8.64. The largest absolute Gasteiger partial charge is 0.497 e. The van der Waals surface area contributed by atoms with Crippen LogP contribution in [0.3, 0.4) is 0 Å². The van der Waals surface area contributed by atoms with E-state index in [1.807, 2.05) is 0 Å². The predicted molar refractivity (Wildman–Crippen MR) is 128 cm³/mol. The van der Waals surface area contributed by atoms with Gasteiger partial charge in [0.2, 0.25) is 0 Å². The number of rotatable bonds is 3. The van der Waals surface area contributed by atoms with Crippen LogP contribution in [-0.4, -0.2) is 12.3 Å². The third kappa shape index (κ3) is 2.97. The minimum atomic E-state index is 0.176. The summed E-state index contributed by atoms with van der Waals surface area (Å²) in [5.41, 5.74) is 7.94. The Morgan fingerprint density at radius 3 is 2.72 bits per heavy atom. The summed E-state index contributed by atoms with van der Waals surface area (Å²) < 4.78 is 11.4. The van der Waals surface area contributed by atoms with Crippen LogP contribution in [0, 0.1) is 24.2 Å². The van der Waals surface area contributed by atoms with Gasteiger partial charge in [-0.05, 0) is 91.0 Å². The zero-order valence-corrected chi connectivity index (χ0v) is 19.2. The second kappa shape index (κ2) is 7.37. The Hall–Kier alpha value is -2.81. The number of ether oxygens (including phenoxy) is 1. The number of benzene rings is 2. The zero-order valence-electron chi connectivity index (χ0n) is 19.2. The second-order valence-corrected chi connectivity index (χ2v) is 10.2. The van der Waals surface area contributed by atoms with E-state index in [1.54, 1.807) is 12.7 Å². The van der Waals surface area contributed by atoms with Gasteiger partial charge in [0.05, 0.1) is 7.11 Å². The van der Waals surface area contributed by atoms with Gasteiger partial charge < -0.3 is 9.26 Å². The third-order valence-electron chi connectivity index (χ3n) is 8.64. The lowest BCUT2D eigenvalue weighted by molar-refractivity contribution is 0.0872. The summed E-state index contributed by atoms with van der Waals surface area (Å²) >= 11 is 0. The minimum absolute atomic E-state index is 0.176. The number of nitrogens with zero attached hydrogens (tertiary/aromatic N) is 1. The lowest BCUT2D eigenvalue weighted by atomic mass is 9.54. The van der Waals surface area contributed by atoms with Gasteiger partial charge in [0.15, 0.2) is 5.76 Å². The fraction of sp³-hybridized carbons (Fsp3) is 0.414. The van der Waals surface area contributed by atoms with E-state index in [0.717, 1.165) is 41.5 Å². The molecule has 32 heavy (non-hydrogen) atoms. The molecule has 1 aromatic heterocycles. The number of allylic oxidation sites excluding steroid dienone is 2. The first-order valence-electron chi connectivity index (χ1n) is 12.0. The summed E-state index contributed by atoms with van der Waals surface area (Å²) in [5.74, 6) is 4.04. The fourth-order valence-electron chi connectivity index (χ4n) is 6.90. The highest BCUT2D eigenvalue weighted by molar-refractivity contribution is 5.73. The van der Waals surface area contributed by atoms with E-state index >= 15 is 0 Å². The van der Waals surface area contributed by atoms with E-state index in [-0.39, 0.29) is 5.41 Å². The van der Waals surface area contributed by atoms with Crippen molar-refractivity contribution < 1.29 is 9.26 Å². The molecule has 3 aliphatic carbocycles. The molecule has 164 valence electrons. The van der Waals surface area contributed by atoms with Crippen LogP contribution < -0.4 is 4.74 Å². The number of hydrogen-bond donors (Lipinski definition) is 0. The van der Waals surface area contributed by atoms with Crippen molar-refractivity contribution in [2.75, 3.05) is 7.11 Å². The van der Waals surface area contributed by atoms with Crippen LogP contribution >= 0.6 is 0 Å². The van der Waals surface area contributed by atoms with Crippen molar-refractivity contribution in [3.63, 3.8) is 0 Å². The number of aryl methyl sites for hydroxylation is 2. The maximum atomic E-state index is 5.93. The average Bonchev–Trinajstić information content (AvgIpc) is 3.43. The van der Waals surface area contributed by atoms with E-state index in [4.69, 9.17) is 9.26 Å². The first-order chi connectivity index (χ1) is 15.6. The molecule has 0 N–H and O–H groups in total. The van der Waals surface area contributed by atoms with Crippen LogP contribution in [0.4, 0.5) is 0 Å². The Balaban J connectivity index is 1.28. The Morgan fingerprint density at radius 2 is 1.91 bits per heavy atom. The van der Waals surface area contributed by atoms with Crippen molar-refractivity contribution in [3.05, 3.63) is 77.1 Å². The first kappa shape index (κ1) is 19.8. The molecule has 0 unspecified atom stereocenters. The van der Waals surface area contributed by atoms with Gasteiger partial charge in [-0.3, -0.25) is 0 Å². The monoisotopic (exact) mass is 425 g/mol. The number of hydrogen-bond acceptors (Lipinski definition) is 3. The minimum Gasteiger partial charge on any atom is -0.497 e. The molecule has 0 amide bonds. The first-order valence-corrected chi connectivity index (χ1v) is 12.0. The highest BCUT2D eigenvalue weighted by Gasteiger charge is 2.52. The average molecular weight is 426 g/mol. The second-order valence-electron chi connectivity index (χ2n) is 10.2. The Bertz CT molecular complexity index is 1190. The number of aromatic nitrogens is 1.